The van der Waals surface area contributed by atoms with E-state index in [9.17, 15) is 0 Å². The van der Waals surface area contributed by atoms with Crippen molar-refractivity contribution < 1.29 is 4.42 Å². The van der Waals surface area contributed by atoms with Crippen LogP contribution in [-0.2, 0) is 21.7 Å². The lowest BCUT2D eigenvalue weighted by Crippen LogP contribution is -2.61. The van der Waals surface area contributed by atoms with Crippen LogP contribution in [0.3, 0.4) is 0 Å². The quantitative estimate of drug-likeness (QED) is 0.141. The van der Waals surface area contributed by atoms with Gasteiger partial charge in [0.15, 0.2) is 0 Å². The van der Waals surface area contributed by atoms with E-state index in [2.05, 4.69) is 339 Å². The first kappa shape index (κ1) is 56.4. The number of nitrogens with zero attached hydrogens (tertiary/aromatic N) is 3. The fourth-order valence-corrected chi connectivity index (χ4v) is 15.3. The molecule has 0 N–H and O–H groups in total. The maximum atomic E-state index is 7.25. The van der Waals surface area contributed by atoms with Gasteiger partial charge >= 0.3 is 6.85 Å². The predicted octanol–water partition coefficient (Wildman–Crippen LogP) is 22.9. The van der Waals surface area contributed by atoms with E-state index in [4.69, 9.17) is 4.42 Å². The Morgan fingerprint density at radius 1 is 0.407 bits per heavy atom. The monoisotopic (exact) mass is 1180 g/mol. The van der Waals surface area contributed by atoms with Gasteiger partial charge in [-0.2, -0.15) is 0 Å². The molecule has 1 aromatic heterocycles. The molecule has 12 aromatic carbocycles. The third-order valence-corrected chi connectivity index (χ3v) is 20.4. The lowest BCUT2D eigenvalue weighted by Gasteiger charge is -2.47. The second-order valence-electron chi connectivity index (χ2n) is 29.2. The molecule has 0 spiro atoms. The van der Waals surface area contributed by atoms with Gasteiger partial charge in [0, 0.05) is 61.7 Å². The SMILES string of the molecule is CC(C)(C)c1ccc(N2B3c4ccc(N(c5ccc(-c6ccccc6)cc5)c5ccc(-c6ccccc6)cc5)cc4N(c4ccc(C(C)(C)C)cc4-c4ccccc4)c4cc5ccccc5c(c43)-c3c2ccc2oc4cc5c(cc4c32)C(C)(C)CCC5(C)C)cc1. The third-order valence-electron chi connectivity index (χ3n) is 20.4. The highest BCUT2D eigenvalue weighted by Crippen LogP contribution is 2.56. The largest absolute Gasteiger partial charge is 0.456 e. The summed E-state index contributed by atoms with van der Waals surface area (Å²) in [5, 5.41) is 4.76. The molecule has 16 rings (SSSR count). The van der Waals surface area contributed by atoms with E-state index in [0.29, 0.717) is 0 Å². The van der Waals surface area contributed by atoms with Crippen molar-refractivity contribution in [3.05, 3.63) is 277 Å². The molecule has 0 amide bonds. The van der Waals surface area contributed by atoms with Crippen molar-refractivity contribution in [3.8, 4) is 44.5 Å². The van der Waals surface area contributed by atoms with Crippen molar-refractivity contribution in [1.29, 1.82) is 0 Å². The Morgan fingerprint density at radius 2 is 0.934 bits per heavy atom. The topological polar surface area (TPSA) is 22.9 Å². The number of anilines is 8. The van der Waals surface area contributed by atoms with Gasteiger partial charge in [-0.1, -0.05) is 233 Å². The molecule has 0 saturated heterocycles. The predicted molar refractivity (Wildman–Crippen MR) is 389 cm³/mol. The van der Waals surface area contributed by atoms with Gasteiger partial charge in [-0.3, -0.25) is 0 Å². The Hall–Kier alpha value is -9.84. The Kier molecular flexibility index (Phi) is 12.9. The van der Waals surface area contributed by atoms with Crippen LogP contribution in [0.4, 0.5) is 45.5 Å². The smallest absolute Gasteiger partial charge is 0.333 e. The molecule has 0 saturated carbocycles. The standard InChI is InChI=1S/C86H76BN3O/c1-83(2,3)61-34-41-65(42-35-61)90-74-46-47-77-79(69-53-70-71(54-78(69)91-77)86(9,10)49-48-85(70,7)8)81(74)80-67-29-21-20-28-60(67)50-76-82(80)87(90)72-44-43-66(52-75(72)89(76)73-45-36-62(84(4,5)6)51-68(73)59-26-18-13-19-27-59)88(63-37-30-57(31-38-63)55-22-14-11-15-23-55)64-39-32-58(33-40-64)56-24-16-12-17-25-56/h11-47,50-54H,48-49H2,1-10H3. The van der Waals surface area contributed by atoms with Crippen molar-refractivity contribution in [1.82, 2.24) is 0 Å². The third kappa shape index (κ3) is 9.33. The van der Waals surface area contributed by atoms with Crippen molar-refractivity contribution in [2.24, 2.45) is 0 Å². The van der Waals surface area contributed by atoms with Gasteiger partial charge in [0.25, 0.3) is 0 Å². The van der Waals surface area contributed by atoms with Crippen molar-refractivity contribution >= 4 is 96.0 Å². The van der Waals surface area contributed by atoms with Gasteiger partial charge in [-0.25, -0.2) is 0 Å². The minimum atomic E-state index is -0.260. The lowest BCUT2D eigenvalue weighted by atomic mass is 9.43. The second-order valence-corrected chi connectivity index (χ2v) is 29.2. The van der Waals surface area contributed by atoms with Crippen molar-refractivity contribution in [2.45, 2.75) is 104 Å². The number of rotatable bonds is 8. The van der Waals surface area contributed by atoms with Gasteiger partial charge in [0.1, 0.15) is 11.2 Å². The van der Waals surface area contributed by atoms with E-state index < -0.39 is 0 Å². The number of benzene rings is 12. The molecule has 3 heterocycles. The first-order chi connectivity index (χ1) is 43.9. The summed E-state index contributed by atoms with van der Waals surface area (Å²) >= 11 is 0. The highest BCUT2D eigenvalue weighted by atomic mass is 16.3. The summed E-state index contributed by atoms with van der Waals surface area (Å²) < 4.78 is 7.25. The van der Waals surface area contributed by atoms with Gasteiger partial charge in [0.05, 0.1) is 5.69 Å². The molecule has 2 aliphatic heterocycles. The summed E-state index contributed by atoms with van der Waals surface area (Å²) in [6.45, 7) is 23.4. The van der Waals surface area contributed by atoms with Gasteiger partial charge in [-0.15, -0.1) is 0 Å². The van der Waals surface area contributed by atoms with Gasteiger partial charge in [0.2, 0.25) is 0 Å². The molecule has 444 valence electrons. The van der Waals surface area contributed by atoms with Crippen LogP contribution in [-0.4, -0.2) is 6.85 Å². The maximum Gasteiger partial charge on any atom is 0.333 e. The summed E-state index contributed by atoms with van der Waals surface area (Å²) in [7, 11) is 0. The second kappa shape index (κ2) is 20.9. The van der Waals surface area contributed by atoms with Crippen LogP contribution in [0.15, 0.2) is 259 Å². The molecular formula is C86H76BN3O. The van der Waals surface area contributed by atoms with Crippen molar-refractivity contribution in [3.63, 3.8) is 0 Å². The lowest BCUT2D eigenvalue weighted by molar-refractivity contribution is 0.332. The van der Waals surface area contributed by atoms with E-state index in [1.54, 1.807) is 0 Å². The van der Waals surface area contributed by atoms with Gasteiger partial charge < -0.3 is 19.0 Å². The van der Waals surface area contributed by atoms with E-state index in [-0.39, 0.29) is 28.5 Å². The fourth-order valence-electron chi connectivity index (χ4n) is 15.3. The van der Waals surface area contributed by atoms with Crippen molar-refractivity contribution in [2.75, 3.05) is 14.6 Å². The summed E-state index contributed by atoms with van der Waals surface area (Å²) in [5.41, 5.74) is 28.1. The molecule has 5 heteroatoms. The molecule has 3 aliphatic rings. The molecule has 0 bridgehead atoms. The Balaban J connectivity index is 1.02. The van der Waals surface area contributed by atoms with Crippen LogP contribution in [0.25, 0.3) is 77.2 Å². The van der Waals surface area contributed by atoms with Crippen LogP contribution in [0.1, 0.15) is 104 Å². The zero-order chi connectivity index (χ0) is 62.3. The van der Waals surface area contributed by atoms with Gasteiger partial charge in [-0.05, 0) is 203 Å². The Morgan fingerprint density at radius 3 is 1.54 bits per heavy atom. The number of hydrogen-bond donors (Lipinski definition) is 0. The number of fused-ring (bicyclic) bond motifs is 11. The first-order valence-electron chi connectivity index (χ1n) is 32.6. The highest BCUT2D eigenvalue weighted by Gasteiger charge is 2.48. The minimum Gasteiger partial charge on any atom is -0.456 e. The minimum absolute atomic E-state index is 0.00309. The number of hydrogen-bond acceptors (Lipinski definition) is 4. The van der Waals surface area contributed by atoms with Crippen LogP contribution in [0.2, 0.25) is 0 Å². The zero-order valence-electron chi connectivity index (χ0n) is 54.0. The van der Waals surface area contributed by atoms with E-state index in [0.717, 1.165) is 69.5 Å². The summed E-state index contributed by atoms with van der Waals surface area (Å²) in [4.78, 5) is 7.78. The molecule has 13 aromatic rings. The molecular weight excluding hydrogens is 1100 g/mol. The van der Waals surface area contributed by atoms with Crippen LogP contribution < -0.4 is 25.5 Å². The summed E-state index contributed by atoms with van der Waals surface area (Å²) in [6.07, 6.45) is 2.26. The molecule has 0 unspecified atom stereocenters. The molecule has 91 heavy (non-hydrogen) atoms. The highest BCUT2D eigenvalue weighted by molar-refractivity contribution is 6.94. The Bertz CT molecular complexity index is 4910. The van der Waals surface area contributed by atoms with Crippen LogP contribution >= 0.6 is 0 Å². The summed E-state index contributed by atoms with van der Waals surface area (Å²) in [6, 6.07) is 96.0. The molecule has 0 fully saturated rings. The van der Waals surface area contributed by atoms with E-state index in [1.165, 1.54) is 99.2 Å². The van der Waals surface area contributed by atoms with E-state index >= 15 is 0 Å². The molecule has 0 radical (unpaired) electrons. The fraction of sp³-hybridized carbons (Fsp3) is 0.186. The molecule has 1 aliphatic carbocycles. The van der Waals surface area contributed by atoms with Crippen LogP contribution in [0.5, 0.6) is 0 Å². The average Bonchev–Trinajstić information content (AvgIpc) is 1.58. The average molecular weight is 1180 g/mol. The normalized spacial score (nSPS) is 14.7. The van der Waals surface area contributed by atoms with Crippen LogP contribution in [0, 0.1) is 0 Å². The summed E-state index contributed by atoms with van der Waals surface area (Å²) in [5.74, 6) is 0. The maximum absolute atomic E-state index is 7.25. The van der Waals surface area contributed by atoms with E-state index in [1.807, 2.05) is 0 Å². The first-order valence-corrected chi connectivity index (χ1v) is 32.6. The molecule has 0 atom stereocenters. The Labute approximate surface area is 537 Å². The zero-order valence-corrected chi connectivity index (χ0v) is 54.0. The molecule has 4 nitrogen and oxygen atoms in total. The number of furan rings is 1.